The highest BCUT2D eigenvalue weighted by Gasteiger charge is 2.20. The first-order valence-corrected chi connectivity index (χ1v) is 7.96. The summed E-state index contributed by atoms with van der Waals surface area (Å²) in [6.07, 6.45) is -0.735. The van der Waals surface area contributed by atoms with Gasteiger partial charge in [-0.2, -0.15) is 5.10 Å². The molecule has 2 rings (SSSR count). The van der Waals surface area contributed by atoms with Crippen molar-refractivity contribution in [3.05, 3.63) is 11.4 Å². The minimum absolute atomic E-state index is 0.0224. The van der Waals surface area contributed by atoms with Gasteiger partial charge in [0, 0.05) is 33.2 Å². The fourth-order valence-electron chi connectivity index (χ4n) is 2.56. The second-order valence-corrected chi connectivity index (χ2v) is 5.90. The average Bonchev–Trinajstić information content (AvgIpc) is 2.79. The average molecular weight is 339 g/mol. The minimum Gasteiger partial charge on any atom is -0.390 e. The van der Waals surface area contributed by atoms with Crippen LogP contribution in [0.5, 0.6) is 0 Å². The number of ether oxygens (including phenoxy) is 1. The van der Waals surface area contributed by atoms with E-state index in [1.807, 2.05) is 0 Å². The van der Waals surface area contributed by atoms with Crippen molar-refractivity contribution in [3.63, 3.8) is 0 Å². The number of aromatic nitrogens is 2. The number of nitrogens with zero attached hydrogens (tertiary/aromatic N) is 3. The third-order valence-electron chi connectivity index (χ3n) is 4.02. The van der Waals surface area contributed by atoms with Crippen LogP contribution >= 0.6 is 0 Å². The molecule has 0 saturated carbocycles. The smallest absolute Gasteiger partial charge is 0.313 e. The van der Waals surface area contributed by atoms with E-state index in [-0.39, 0.29) is 6.54 Å². The van der Waals surface area contributed by atoms with Crippen LogP contribution in [0.1, 0.15) is 11.4 Å². The van der Waals surface area contributed by atoms with E-state index in [0.717, 1.165) is 18.8 Å². The molecular weight excluding hydrogens is 314 g/mol. The third kappa shape index (κ3) is 4.76. The number of hydrogen-bond donors (Lipinski definition) is 3. The number of morpholine rings is 1. The fraction of sp³-hybridized carbons (Fsp3) is 0.667. The lowest BCUT2D eigenvalue weighted by molar-refractivity contribution is -0.136. The first kappa shape index (κ1) is 18.4. The highest BCUT2D eigenvalue weighted by Crippen LogP contribution is 2.17. The van der Waals surface area contributed by atoms with E-state index in [0.29, 0.717) is 31.1 Å². The molecule has 1 saturated heterocycles. The Morgan fingerprint density at radius 2 is 1.96 bits per heavy atom. The van der Waals surface area contributed by atoms with Crippen LogP contribution in [0, 0.1) is 13.8 Å². The largest absolute Gasteiger partial charge is 0.390 e. The van der Waals surface area contributed by atoms with Crippen LogP contribution in [-0.2, 0) is 21.4 Å². The van der Waals surface area contributed by atoms with Gasteiger partial charge in [0.25, 0.3) is 0 Å². The number of anilines is 1. The van der Waals surface area contributed by atoms with Gasteiger partial charge in [0.2, 0.25) is 0 Å². The molecule has 9 heteroatoms. The number of aryl methyl sites for hydroxylation is 2. The van der Waals surface area contributed by atoms with Crippen molar-refractivity contribution in [2.45, 2.75) is 20.0 Å². The summed E-state index contributed by atoms with van der Waals surface area (Å²) in [5, 5.41) is 19.2. The third-order valence-corrected chi connectivity index (χ3v) is 4.02. The van der Waals surface area contributed by atoms with Gasteiger partial charge < -0.3 is 20.5 Å². The summed E-state index contributed by atoms with van der Waals surface area (Å²) < 4.78 is 6.87. The van der Waals surface area contributed by atoms with E-state index in [2.05, 4.69) is 20.6 Å². The van der Waals surface area contributed by atoms with Crippen LogP contribution in [0.2, 0.25) is 0 Å². The van der Waals surface area contributed by atoms with E-state index >= 15 is 0 Å². The topological polar surface area (TPSA) is 109 Å². The lowest BCUT2D eigenvalue weighted by Gasteiger charge is -2.28. The number of carbonyl (C=O) groups is 2. The Labute approximate surface area is 141 Å². The van der Waals surface area contributed by atoms with Gasteiger partial charge in [-0.1, -0.05) is 0 Å². The molecule has 0 spiro atoms. The molecule has 1 atom stereocenters. The summed E-state index contributed by atoms with van der Waals surface area (Å²) in [6, 6.07) is 0. The van der Waals surface area contributed by atoms with Crippen LogP contribution in [0.4, 0.5) is 5.69 Å². The lowest BCUT2D eigenvalue weighted by Crippen LogP contribution is -2.46. The van der Waals surface area contributed by atoms with Gasteiger partial charge in [0.1, 0.15) is 0 Å². The Bertz CT molecular complexity index is 595. The molecule has 1 aromatic heterocycles. The molecule has 0 radical (unpaired) electrons. The maximum Gasteiger partial charge on any atom is 0.313 e. The number of aliphatic hydroxyl groups excluding tert-OH is 1. The Kier molecular flexibility index (Phi) is 6.29. The van der Waals surface area contributed by atoms with Crippen LogP contribution in [0.3, 0.4) is 0 Å². The molecule has 2 amide bonds. The van der Waals surface area contributed by atoms with E-state index in [9.17, 15) is 14.7 Å². The molecule has 1 aromatic rings. The first-order valence-electron chi connectivity index (χ1n) is 7.96. The molecule has 0 aliphatic carbocycles. The van der Waals surface area contributed by atoms with Crippen LogP contribution in [0.25, 0.3) is 0 Å². The molecule has 1 fully saturated rings. The number of aliphatic hydroxyl groups is 1. The zero-order valence-corrected chi connectivity index (χ0v) is 14.3. The normalized spacial score (nSPS) is 16.7. The summed E-state index contributed by atoms with van der Waals surface area (Å²) >= 11 is 0. The number of hydrogen-bond acceptors (Lipinski definition) is 6. The standard InChI is InChI=1S/C15H25N5O4/c1-10-13(11(2)19(3)18-10)17-15(23)14(22)16-8-12(21)9-20-4-6-24-7-5-20/h12,21H,4-9H2,1-3H3,(H,16,22)(H,17,23). The number of amides is 2. The molecule has 1 unspecified atom stereocenters. The van der Waals surface area contributed by atoms with Crippen molar-refractivity contribution in [3.8, 4) is 0 Å². The van der Waals surface area contributed by atoms with E-state index in [1.54, 1.807) is 25.6 Å². The molecule has 3 N–H and O–H groups in total. The van der Waals surface area contributed by atoms with Gasteiger partial charge in [0.05, 0.1) is 36.4 Å². The lowest BCUT2D eigenvalue weighted by atomic mass is 10.3. The van der Waals surface area contributed by atoms with Gasteiger partial charge in [0.15, 0.2) is 0 Å². The maximum atomic E-state index is 12.0. The summed E-state index contributed by atoms with van der Waals surface area (Å²) in [7, 11) is 1.76. The van der Waals surface area contributed by atoms with Crippen molar-refractivity contribution in [1.82, 2.24) is 20.0 Å². The number of rotatable bonds is 5. The molecule has 1 aliphatic heterocycles. The molecule has 0 bridgehead atoms. The minimum atomic E-state index is -0.779. The Morgan fingerprint density at radius 1 is 1.29 bits per heavy atom. The van der Waals surface area contributed by atoms with Crippen molar-refractivity contribution in [1.29, 1.82) is 0 Å². The van der Waals surface area contributed by atoms with Crippen molar-refractivity contribution >= 4 is 17.5 Å². The monoisotopic (exact) mass is 339 g/mol. The summed E-state index contributed by atoms with van der Waals surface area (Å²) in [5.74, 6) is -1.55. The molecule has 0 aromatic carbocycles. The van der Waals surface area contributed by atoms with Crippen molar-refractivity contribution in [2.75, 3.05) is 44.7 Å². The predicted molar refractivity (Wildman–Crippen MR) is 87.6 cm³/mol. The van der Waals surface area contributed by atoms with E-state index in [4.69, 9.17) is 4.74 Å². The second kappa shape index (κ2) is 8.22. The van der Waals surface area contributed by atoms with Gasteiger partial charge in [-0.15, -0.1) is 0 Å². The molecule has 134 valence electrons. The van der Waals surface area contributed by atoms with Gasteiger partial charge in [-0.05, 0) is 13.8 Å². The molecule has 2 heterocycles. The van der Waals surface area contributed by atoms with Crippen molar-refractivity contribution in [2.24, 2.45) is 7.05 Å². The van der Waals surface area contributed by atoms with Crippen molar-refractivity contribution < 1.29 is 19.4 Å². The molecular formula is C15H25N5O4. The predicted octanol–water partition coefficient (Wildman–Crippen LogP) is -1.22. The summed E-state index contributed by atoms with van der Waals surface area (Å²) in [5.41, 5.74) is 1.94. The van der Waals surface area contributed by atoms with Crippen LogP contribution in [0.15, 0.2) is 0 Å². The molecule has 24 heavy (non-hydrogen) atoms. The molecule has 9 nitrogen and oxygen atoms in total. The second-order valence-electron chi connectivity index (χ2n) is 5.90. The van der Waals surface area contributed by atoms with Gasteiger partial charge in [-0.3, -0.25) is 19.2 Å². The Hall–Kier alpha value is -1.97. The number of carbonyl (C=O) groups excluding carboxylic acids is 2. The maximum absolute atomic E-state index is 12.0. The summed E-state index contributed by atoms with van der Waals surface area (Å²) in [6.45, 7) is 6.82. The molecule has 1 aliphatic rings. The highest BCUT2D eigenvalue weighted by molar-refractivity contribution is 6.39. The van der Waals surface area contributed by atoms with Gasteiger partial charge in [-0.25, -0.2) is 0 Å². The zero-order chi connectivity index (χ0) is 17.7. The summed E-state index contributed by atoms with van der Waals surface area (Å²) in [4.78, 5) is 25.9. The quantitative estimate of drug-likeness (QED) is 0.581. The van der Waals surface area contributed by atoms with E-state index in [1.165, 1.54) is 0 Å². The number of nitrogens with one attached hydrogen (secondary N) is 2. The van der Waals surface area contributed by atoms with Crippen LogP contribution in [-0.4, -0.2) is 77.1 Å². The van der Waals surface area contributed by atoms with Gasteiger partial charge >= 0.3 is 11.8 Å². The van der Waals surface area contributed by atoms with Crippen LogP contribution < -0.4 is 10.6 Å². The highest BCUT2D eigenvalue weighted by atomic mass is 16.5. The zero-order valence-electron chi connectivity index (χ0n) is 14.3. The first-order chi connectivity index (χ1) is 11.4. The Balaban J connectivity index is 1.77. The SMILES string of the molecule is Cc1nn(C)c(C)c1NC(=O)C(=O)NCC(O)CN1CCOCC1. The number of β-amino-alcohol motifs (C(OH)–C–C–N with tert-alkyl or cyclic N) is 1. The van der Waals surface area contributed by atoms with E-state index < -0.39 is 17.9 Å². The fourth-order valence-corrected chi connectivity index (χ4v) is 2.56. The Morgan fingerprint density at radius 3 is 2.54 bits per heavy atom.